The number of unbranched alkanes of at least 4 members (excludes halogenated alkanes) is 38. The lowest BCUT2D eigenvalue weighted by Gasteiger charge is -2.18. The zero-order valence-corrected chi connectivity index (χ0v) is 45.6. The molecule has 0 aliphatic carbocycles. The molecule has 0 N–H and O–H groups in total. The van der Waals surface area contributed by atoms with Crippen LogP contribution >= 0.6 is 0 Å². The molecule has 0 aromatic rings. The third-order valence-electron chi connectivity index (χ3n) is 13.4. The van der Waals surface area contributed by atoms with Crippen LogP contribution in [0, 0.1) is 0 Å². The lowest BCUT2D eigenvalue weighted by molar-refractivity contribution is -0.167. The fourth-order valence-corrected chi connectivity index (χ4v) is 8.81. The number of allylic oxidation sites excluding steroid dienone is 6. The molecule has 0 spiro atoms. The van der Waals surface area contributed by atoms with Crippen molar-refractivity contribution in [1.82, 2.24) is 0 Å². The quantitative estimate of drug-likeness (QED) is 0.0262. The van der Waals surface area contributed by atoms with Gasteiger partial charge in [0.15, 0.2) is 6.10 Å². The Balaban J connectivity index is 4.34. The second-order valence-electron chi connectivity index (χ2n) is 20.3. The van der Waals surface area contributed by atoms with Gasteiger partial charge in [-0.3, -0.25) is 14.4 Å². The van der Waals surface area contributed by atoms with Crippen molar-refractivity contribution in [2.24, 2.45) is 0 Å². The van der Waals surface area contributed by atoms with Gasteiger partial charge in [-0.15, -0.1) is 0 Å². The topological polar surface area (TPSA) is 78.9 Å². The third kappa shape index (κ3) is 54.6. The highest BCUT2D eigenvalue weighted by molar-refractivity contribution is 5.71. The first-order valence-corrected chi connectivity index (χ1v) is 30.0. The van der Waals surface area contributed by atoms with E-state index in [2.05, 4.69) is 57.2 Å². The molecule has 0 bridgehead atoms. The molecule has 68 heavy (non-hydrogen) atoms. The van der Waals surface area contributed by atoms with Crippen LogP contribution in [0.5, 0.6) is 0 Å². The summed E-state index contributed by atoms with van der Waals surface area (Å²) in [5.74, 6) is -0.874. The van der Waals surface area contributed by atoms with Gasteiger partial charge < -0.3 is 14.2 Å². The van der Waals surface area contributed by atoms with Crippen LogP contribution in [-0.4, -0.2) is 37.2 Å². The van der Waals surface area contributed by atoms with E-state index in [1.54, 1.807) is 0 Å². The molecule has 0 aliphatic heterocycles. The normalized spacial score (nSPS) is 12.2. The maximum atomic E-state index is 12.9. The molecule has 0 heterocycles. The van der Waals surface area contributed by atoms with Crippen molar-refractivity contribution in [2.45, 2.75) is 329 Å². The van der Waals surface area contributed by atoms with Crippen LogP contribution in [0.1, 0.15) is 323 Å². The standard InChI is InChI=1S/C62H114O6/c1-4-7-10-13-16-19-22-25-28-30-31-33-34-37-40-43-46-49-52-55-61(64)67-58-59(57-66-60(63)54-51-48-45-42-39-36-27-24-21-18-15-12-9-6-3)68-62(65)56-53-50-47-44-41-38-35-32-29-26-23-20-17-14-11-8-5-2/h15,18,24,27,30-31,59H,4-14,16-17,19-23,25-26,28-29,32-58H2,1-3H3/b18-15-,27-24-,31-30-/t59-/m1/s1. The average molecular weight is 956 g/mol. The first-order chi connectivity index (χ1) is 33.5. The van der Waals surface area contributed by atoms with Gasteiger partial charge in [-0.2, -0.15) is 0 Å². The van der Waals surface area contributed by atoms with E-state index < -0.39 is 6.10 Å². The number of esters is 3. The first kappa shape index (κ1) is 65.6. The minimum absolute atomic E-state index is 0.0753. The molecule has 398 valence electrons. The van der Waals surface area contributed by atoms with Crippen molar-refractivity contribution in [2.75, 3.05) is 13.2 Å². The number of rotatable bonds is 55. The van der Waals surface area contributed by atoms with E-state index in [-0.39, 0.29) is 31.1 Å². The van der Waals surface area contributed by atoms with Crippen LogP contribution in [0.4, 0.5) is 0 Å². The second-order valence-corrected chi connectivity index (χ2v) is 20.3. The number of ether oxygens (including phenoxy) is 3. The van der Waals surface area contributed by atoms with E-state index in [4.69, 9.17) is 14.2 Å². The fourth-order valence-electron chi connectivity index (χ4n) is 8.81. The van der Waals surface area contributed by atoms with Gasteiger partial charge in [-0.1, -0.05) is 269 Å². The monoisotopic (exact) mass is 955 g/mol. The minimum Gasteiger partial charge on any atom is -0.462 e. The summed E-state index contributed by atoms with van der Waals surface area (Å²) < 4.78 is 16.9. The Kier molecular flexibility index (Phi) is 55.2. The Morgan fingerprint density at radius 2 is 0.544 bits per heavy atom. The van der Waals surface area contributed by atoms with E-state index in [0.717, 1.165) is 77.0 Å². The SMILES string of the molecule is CCCC/C=C\C/C=C\CCCCCCCC(=O)OC[C@H](COC(=O)CCCCCCCCC/C=C\CCCCCCCCCC)OC(=O)CCCCCCCCCCCCCCCCCCC. The summed E-state index contributed by atoms with van der Waals surface area (Å²) in [6.45, 7) is 6.63. The molecule has 0 saturated heterocycles. The summed E-state index contributed by atoms with van der Waals surface area (Å²) in [5.41, 5.74) is 0. The lowest BCUT2D eigenvalue weighted by Crippen LogP contribution is -2.30. The highest BCUT2D eigenvalue weighted by Gasteiger charge is 2.19. The first-order valence-electron chi connectivity index (χ1n) is 30.0. The van der Waals surface area contributed by atoms with Gasteiger partial charge in [0, 0.05) is 19.3 Å². The molecular weight excluding hydrogens is 841 g/mol. The summed E-state index contributed by atoms with van der Waals surface area (Å²) in [4.78, 5) is 38.2. The predicted octanol–water partition coefficient (Wildman–Crippen LogP) is 20.0. The van der Waals surface area contributed by atoms with Crippen LogP contribution in [0.3, 0.4) is 0 Å². The molecule has 0 rings (SSSR count). The predicted molar refractivity (Wildman–Crippen MR) is 293 cm³/mol. The molecule has 0 aliphatic rings. The van der Waals surface area contributed by atoms with E-state index in [0.29, 0.717) is 19.3 Å². The van der Waals surface area contributed by atoms with E-state index >= 15 is 0 Å². The van der Waals surface area contributed by atoms with Crippen LogP contribution in [0.2, 0.25) is 0 Å². The summed E-state index contributed by atoms with van der Waals surface area (Å²) in [6, 6.07) is 0. The van der Waals surface area contributed by atoms with Crippen molar-refractivity contribution in [3.63, 3.8) is 0 Å². The van der Waals surface area contributed by atoms with E-state index in [1.165, 1.54) is 205 Å². The van der Waals surface area contributed by atoms with Crippen molar-refractivity contribution < 1.29 is 28.6 Å². The number of hydrogen-bond acceptors (Lipinski definition) is 6. The van der Waals surface area contributed by atoms with Gasteiger partial charge in [0.2, 0.25) is 0 Å². The molecule has 0 aromatic carbocycles. The van der Waals surface area contributed by atoms with Gasteiger partial charge in [-0.25, -0.2) is 0 Å². The summed E-state index contributed by atoms with van der Waals surface area (Å²) in [5, 5.41) is 0. The maximum absolute atomic E-state index is 12.9. The van der Waals surface area contributed by atoms with Crippen molar-refractivity contribution in [3.8, 4) is 0 Å². The fraction of sp³-hybridized carbons (Fsp3) is 0.855. The Hall–Kier alpha value is -2.37. The molecule has 0 fully saturated rings. The van der Waals surface area contributed by atoms with Gasteiger partial charge in [0.25, 0.3) is 0 Å². The molecule has 6 nitrogen and oxygen atoms in total. The van der Waals surface area contributed by atoms with Crippen molar-refractivity contribution in [1.29, 1.82) is 0 Å². The van der Waals surface area contributed by atoms with Crippen LogP contribution < -0.4 is 0 Å². The highest BCUT2D eigenvalue weighted by Crippen LogP contribution is 2.17. The van der Waals surface area contributed by atoms with Gasteiger partial charge >= 0.3 is 17.9 Å². The van der Waals surface area contributed by atoms with Gasteiger partial charge in [0.1, 0.15) is 13.2 Å². The number of carbonyl (C=O) groups is 3. The molecular formula is C62H114O6. The zero-order chi connectivity index (χ0) is 49.3. The Morgan fingerprint density at radius 3 is 0.868 bits per heavy atom. The highest BCUT2D eigenvalue weighted by atomic mass is 16.6. The minimum atomic E-state index is -0.777. The molecule has 0 amide bonds. The Morgan fingerprint density at radius 1 is 0.294 bits per heavy atom. The molecule has 1 atom stereocenters. The zero-order valence-electron chi connectivity index (χ0n) is 45.6. The van der Waals surface area contributed by atoms with Gasteiger partial charge in [-0.05, 0) is 70.6 Å². The summed E-state index contributed by atoms with van der Waals surface area (Å²) in [6.07, 6.45) is 68.5. The molecule has 0 aromatic heterocycles. The number of hydrogen-bond donors (Lipinski definition) is 0. The van der Waals surface area contributed by atoms with Crippen LogP contribution in [0.25, 0.3) is 0 Å². The smallest absolute Gasteiger partial charge is 0.306 e. The average Bonchev–Trinajstić information content (AvgIpc) is 3.34. The molecule has 6 heteroatoms. The van der Waals surface area contributed by atoms with Crippen molar-refractivity contribution >= 4 is 17.9 Å². The lowest BCUT2D eigenvalue weighted by atomic mass is 10.0. The summed E-state index contributed by atoms with van der Waals surface area (Å²) >= 11 is 0. The Bertz CT molecular complexity index is 1140. The Labute approximate surface area is 423 Å². The van der Waals surface area contributed by atoms with Crippen molar-refractivity contribution in [3.05, 3.63) is 36.5 Å². The van der Waals surface area contributed by atoms with E-state index in [1.807, 2.05) is 0 Å². The van der Waals surface area contributed by atoms with Crippen LogP contribution in [-0.2, 0) is 28.6 Å². The van der Waals surface area contributed by atoms with Crippen LogP contribution in [0.15, 0.2) is 36.5 Å². The largest absolute Gasteiger partial charge is 0.462 e. The third-order valence-corrected chi connectivity index (χ3v) is 13.4. The molecule has 0 radical (unpaired) electrons. The molecule has 0 saturated carbocycles. The second kappa shape index (κ2) is 57.2. The molecule has 0 unspecified atom stereocenters. The van der Waals surface area contributed by atoms with Gasteiger partial charge in [0.05, 0.1) is 0 Å². The summed E-state index contributed by atoms with van der Waals surface area (Å²) in [7, 11) is 0. The van der Waals surface area contributed by atoms with E-state index in [9.17, 15) is 14.4 Å². The number of carbonyl (C=O) groups excluding carboxylic acids is 3. The maximum Gasteiger partial charge on any atom is 0.306 e.